The fourth-order valence-corrected chi connectivity index (χ4v) is 1.98. The molecule has 6 nitrogen and oxygen atoms in total. The Balaban J connectivity index is 1.75. The highest BCUT2D eigenvalue weighted by molar-refractivity contribution is 5.97. The molecule has 0 fully saturated rings. The Kier molecular flexibility index (Phi) is 6.33. The number of hydrogen-bond donors (Lipinski definition) is 3. The Morgan fingerprint density at radius 1 is 1.25 bits per heavy atom. The van der Waals surface area contributed by atoms with E-state index in [0.717, 1.165) is 11.6 Å². The standard InChI is InChI=1S/C18H20N2O4/c1-13(11-24-12-14-5-3-2-4-6-14)10-19-20-18(23)16-8-7-15(21)9-17(16)22/h2-10,13,21-22H,11-12H2,1H3,(H,20,23). The predicted octanol–water partition coefficient (Wildman–Crippen LogP) is 2.67. The van der Waals surface area contributed by atoms with Crippen molar-refractivity contribution in [3.63, 3.8) is 0 Å². The van der Waals surface area contributed by atoms with Crippen molar-refractivity contribution in [1.29, 1.82) is 0 Å². The molecule has 0 saturated heterocycles. The molecule has 2 rings (SSSR count). The lowest BCUT2D eigenvalue weighted by molar-refractivity contribution is 0.0950. The maximum atomic E-state index is 11.9. The first-order valence-electron chi connectivity index (χ1n) is 7.53. The summed E-state index contributed by atoms with van der Waals surface area (Å²) in [6, 6.07) is 13.6. The van der Waals surface area contributed by atoms with Crippen molar-refractivity contribution in [1.82, 2.24) is 5.43 Å². The van der Waals surface area contributed by atoms with Crippen molar-refractivity contribution >= 4 is 12.1 Å². The third kappa shape index (κ3) is 5.40. The van der Waals surface area contributed by atoms with Crippen LogP contribution in [0.25, 0.3) is 0 Å². The number of phenols is 2. The van der Waals surface area contributed by atoms with Gasteiger partial charge < -0.3 is 14.9 Å². The van der Waals surface area contributed by atoms with Crippen LogP contribution in [0, 0.1) is 5.92 Å². The molecule has 1 unspecified atom stereocenters. The van der Waals surface area contributed by atoms with E-state index in [1.54, 1.807) is 6.21 Å². The Hall–Kier alpha value is -2.86. The zero-order valence-corrected chi connectivity index (χ0v) is 13.3. The number of hydrogen-bond acceptors (Lipinski definition) is 5. The number of nitrogens with zero attached hydrogens (tertiary/aromatic N) is 1. The Morgan fingerprint density at radius 2 is 2.00 bits per heavy atom. The SMILES string of the molecule is CC(C=NNC(=O)c1ccc(O)cc1O)COCc1ccccc1. The van der Waals surface area contributed by atoms with Gasteiger partial charge in [-0.1, -0.05) is 37.3 Å². The fraction of sp³-hybridized carbons (Fsp3) is 0.222. The minimum atomic E-state index is -0.554. The first-order chi connectivity index (χ1) is 11.6. The van der Waals surface area contributed by atoms with Crippen molar-refractivity contribution in [3.05, 3.63) is 59.7 Å². The summed E-state index contributed by atoms with van der Waals surface area (Å²) in [4.78, 5) is 11.9. The summed E-state index contributed by atoms with van der Waals surface area (Å²) in [5.74, 6) is -0.956. The van der Waals surface area contributed by atoms with E-state index in [-0.39, 0.29) is 23.0 Å². The van der Waals surface area contributed by atoms with Crippen molar-refractivity contribution in [2.24, 2.45) is 11.0 Å². The van der Waals surface area contributed by atoms with Gasteiger partial charge in [0.15, 0.2) is 0 Å². The van der Waals surface area contributed by atoms with Gasteiger partial charge in [0.1, 0.15) is 11.5 Å². The summed E-state index contributed by atoms with van der Waals surface area (Å²) in [7, 11) is 0. The van der Waals surface area contributed by atoms with E-state index in [4.69, 9.17) is 4.74 Å². The fourth-order valence-electron chi connectivity index (χ4n) is 1.98. The van der Waals surface area contributed by atoms with Gasteiger partial charge in [-0.2, -0.15) is 5.10 Å². The van der Waals surface area contributed by atoms with Crippen LogP contribution in [-0.4, -0.2) is 28.9 Å². The number of ether oxygens (including phenoxy) is 1. The van der Waals surface area contributed by atoms with Crippen LogP contribution in [-0.2, 0) is 11.3 Å². The summed E-state index contributed by atoms with van der Waals surface area (Å²) in [5.41, 5.74) is 3.47. The minimum absolute atomic E-state index is 0.0161. The lowest BCUT2D eigenvalue weighted by Gasteiger charge is -2.08. The predicted molar refractivity (Wildman–Crippen MR) is 91.0 cm³/mol. The number of aromatic hydroxyl groups is 2. The average Bonchev–Trinajstić information content (AvgIpc) is 2.55. The van der Waals surface area contributed by atoms with E-state index < -0.39 is 5.91 Å². The lowest BCUT2D eigenvalue weighted by Crippen LogP contribution is -2.19. The number of rotatable bonds is 7. The summed E-state index contributed by atoms with van der Waals surface area (Å²) < 4.78 is 5.58. The topological polar surface area (TPSA) is 91.2 Å². The summed E-state index contributed by atoms with van der Waals surface area (Å²) in [6.45, 7) is 2.91. The molecule has 0 aromatic heterocycles. The van der Waals surface area contributed by atoms with E-state index in [0.29, 0.717) is 13.2 Å². The molecule has 24 heavy (non-hydrogen) atoms. The van der Waals surface area contributed by atoms with Gasteiger partial charge in [-0.25, -0.2) is 5.43 Å². The van der Waals surface area contributed by atoms with Crippen LogP contribution < -0.4 is 5.43 Å². The Bertz CT molecular complexity index is 701. The third-order valence-corrected chi connectivity index (χ3v) is 3.21. The quantitative estimate of drug-likeness (QED) is 0.538. The van der Waals surface area contributed by atoms with Gasteiger partial charge in [0.05, 0.1) is 18.8 Å². The molecule has 126 valence electrons. The molecule has 1 atom stereocenters. The minimum Gasteiger partial charge on any atom is -0.508 e. The molecule has 0 heterocycles. The normalized spacial score (nSPS) is 12.2. The maximum absolute atomic E-state index is 11.9. The first kappa shape index (κ1) is 17.5. The second-order valence-corrected chi connectivity index (χ2v) is 5.40. The molecule has 6 heteroatoms. The largest absolute Gasteiger partial charge is 0.508 e. The number of carbonyl (C=O) groups excluding carboxylic acids is 1. The smallest absolute Gasteiger partial charge is 0.275 e. The lowest BCUT2D eigenvalue weighted by atomic mass is 10.2. The molecular weight excluding hydrogens is 308 g/mol. The van der Waals surface area contributed by atoms with E-state index in [9.17, 15) is 15.0 Å². The van der Waals surface area contributed by atoms with Gasteiger partial charge in [-0.15, -0.1) is 0 Å². The molecule has 0 bridgehead atoms. The zero-order chi connectivity index (χ0) is 17.4. The molecule has 0 aliphatic carbocycles. The van der Waals surface area contributed by atoms with E-state index in [2.05, 4.69) is 10.5 Å². The maximum Gasteiger partial charge on any atom is 0.275 e. The van der Waals surface area contributed by atoms with Crippen molar-refractivity contribution in [2.45, 2.75) is 13.5 Å². The molecule has 2 aromatic rings. The van der Waals surface area contributed by atoms with Crippen LogP contribution in [0.1, 0.15) is 22.8 Å². The molecule has 0 aliphatic rings. The summed E-state index contributed by atoms with van der Waals surface area (Å²) in [6.07, 6.45) is 1.57. The average molecular weight is 328 g/mol. The highest BCUT2D eigenvalue weighted by Crippen LogP contribution is 2.22. The van der Waals surface area contributed by atoms with E-state index in [1.165, 1.54) is 12.1 Å². The van der Waals surface area contributed by atoms with Crippen LogP contribution in [0.4, 0.5) is 0 Å². The number of nitrogens with one attached hydrogen (secondary N) is 1. The van der Waals surface area contributed by atoms with Crippen molar-refractivity contribution < 1.29 is 19.7 Å². The highest BCUT2D eigenvalue weighted by atomic mass is 16.5. The second-order valence-electron chi connectivity index (χ2n) is 5.40. The monoisotopic (exact) mass is 328 g/mol. The zero-order valence-electron chi connectivity index (χ0n) is 13.3. The van der Waals surface area contributed by atoms with E-state index >= 15 is 0 Å². The number of carbonyl (C=O) groups is 1. The van der Waals surface area contributed by atoms with Crippen LogP contribution in [0.5, 0.6) is 11.5 Å². The first-order valence-corrected chi connectivity index (χ1v) is 7.53. The van der Waals surface area contributed by atoms with Crippen molar-refractivity contribution in [3.8, 4) is 11.5 Å². The van der Waals surface area contributed by atoms with Gasteiger partial charge in [0.2, 0.25) is 0 Å². The molecular formula is C18H20N2O4. The van der Waals surface area contributed by atoms with Gasteiger partial charge in [0, 0.05) is 18.2 Å². The number of phenolic OH excluding ortho intramolecular Hbond substituents is 2. The number of hydrazone groups is 1. The molecule has 3 N–H and O–H groups in total. The molecule has 0 aliphatic heterocycles. The molecule has 0 spiro atoms. The number of amides is 1. The summed E-state index contributed by atoms with van der Waals surface area (Å²) >= 11 is 0. The van der Waals surface area contributed by atoms with Gasteiger partial charge in [0.25, 0.3) is 5.91 Å². The number of benzene rings is 2. The molecule has 1 amide bonds. The van der Waals surface area contributed by atoms with Crippen molar-refractivity contribution in [2.75, 3.05) is 6.61 Å². The Morgan fingerprint density at radius 3 is 2.71 bits per heavy atom. The third-order valence-electron chi connectivity index (χ3n) is 3.21. The van der Waals surface area contributed by atoms with Crippen LogP contribution in [0.15, 0.2) is 53.6 Å². The van der Waals surface area contributed by atoms with Crippen LogP contribution in [0.3, 0.4) is 0 Å². The molecule has 2 aromatic carbocycles. The van der Waals surface area contributed by atoms with Crippen LogP contribution >= 0.6 is 0 Å². The molecule has 0 saturated carbocycles. The van der Waals surface area contributed by atoms with Gasteiger partial charge in [-0.05, 0) is 17.7 Å². The van der Waals surface area contributed by atoms with Gasteiger partial charge in [-0.3, -0.25) is 4.79 Å². The van der Waals surface area contributed by atoms with Crippen LogP contribution in [0.2, 0.25) is 0 Å². The summed E-state index contributed by atoms with van der Waals surface area (Å²) in [5, 5.41) is 22.7. The highest BCUT2D eigenvalue weighted by Gasteiger charge is 2.10. The van der Waals surface area contributed by atoms with E-state index in [1.807, 2.05) is 37.3 Å². The second kappa shape index (κ2) is 8.69. The molecule has 0 radical (unpaired) electrons. The Labute approximate surface area is 140 Å². The van der Waals surface area contributed by atoms with Gasteiger partial charge >= 0.3 is 0 Å².